The van der Waals surface area contributed by atoms with Crippen LogP contribution < -0.4 is 5.73 Å². The average molecular weight is 272 g/mol. The van der Waals surface area contributed by atoms with Crippen molar-refractivity contribution in [3.8, 4) is 0 Å². The van der Waals surface area contributed by atoms with Crippen LogP contribution >= 0.6 is 0 Å². The molecule has 0 spiro atoms. The number of nitro groups is 1. The zero-order valence-electron chi connectivity index (χ0n) is 10.1. The number of sulfone groups is 1. The Morgan fingerprint density at radius 2 is 1.89 bits per heavy atom. The van der Waals surface area contributed by atoms with Gasteiger partial charge < -0.3 is 5.73 Å². The maximum absolute atomic E-state index is 11.9. The SMILES string of the molecule is CC(CCN)S(=O)(=O)Cc1ccc([N+](=O)[O-])cc1. The van der Waals surface area contributed by atoms with Crippen molar-refractivity contribution in [2.24, 2.45) is 5.73 Å². The molecule has 0 saturated carbocycles. The minimum atomic E-state index is -3.26. The molecule has 0 heterocycles. The lowest BCUT2D eigenvalue weighted by atomic mass is 10.2. The van der Waals surface area contributed by atoms with E-state index in [0.29, 0.717) is 18.5 Å². The van der Waals surface area contributed by atoms with Gasteiger partial charge >= 0.3 is 0 Å². The molecule has 0 aromatic heterocycles. The number of nitrogens with zero attached hydrogens (tertiary/aromatic N) is 1. The van der Waals surface area contributed by atoms with Crippen LogP contribution in [0.15, 0.2) is 24.3 Å². The first-order valence-electron chi connectivity index (χ1n) is 5.52. The summed E-state index contributed by atoms with van der Waals surface area (Å²) in [6.45, 7) is 1.94. The number of hydrogen-bond donors (Lipinski definition) is 1. The van der Waals surface area contributed by atoms with Gasteiger partial charge in [0.05, 0.1) is 15.9 Å². The van der Waals surface area contributed by atoms with Crippen LogP contribution in [0.2, 0.25) is 0 Å². The Morgan fingerprint density at radius 1 is 1.33 bits per heavy atom. The molecule has 0 bridgehead atoms. The lowest BCUT2D eigenvalue weighted by Gasteiger charge is -2.11. The Balaban J connectivity index is 2.81. The first kappa shape index (κ1) is 14.6. The summed E-state index contributed by atoms with van der Waals surface area (Å²) in [5, 5.41) is 9.96. The summed E-state index contributed by atoms with van der Waals surface area (Å²) in [4.78, 5) is 9.95. The Kier molecular flexibility index (Phi) is 4.80. The van der Waals surface area contributed by atoms with E-state index >= 15 is 0 Å². The highest BCUT2D eigenvalue weighted by Gasteiger charge is 2.20. The van der Waals surface area contributed by atoms with Crippen LogP contribution in [0.4, 0.5) is 5.69 Å². The summed E-state index contributed by atoms with van der Waals surface area (Å²) in [5.41, 5.74) is 5.83. The van der Waals surface area contributed by atoms with Crippen molar-refractivity contribution in [3.05, 3.63) is 39.9 Å². The number of rotatable bonds is 6. The quantitative estimate of drug-likeness (QED) is 0.620. The third kappa shape index (κ3) is 3.78. The molecule has 1 aromatic carbocycles. The third-order valence-corrected chi connectivity index (χ3v) is 4.90. The van der Waals surface area contributed by atoms with Crippen molar-refractivity contribution in [2.75, 3.05) is 6.54 Å². The van der Waals surface area contributed by atoms with Gasteiger partial charge in [0.2, 0.25) is 0 Å². The van der Waals surface area contributed by atoms with Gasteiger partial charge in [0.1, 0.15) is 0 Å². The van der Waals surface area contributed by atoms with E-state index in [9.17, 15) is 18.5 Å². The van der Waals surface area contributed by atoms with Crippen molar-refractivity contribution in [3.63, 3.8) is 0 Å². The van der Waals surface area contributed by atoms with Gasteiger partial charge in [-0.25, -0.2) is 8.42 Å². The highest BCUT2D eigenvalue weighted by molar-refractivity contribution is 7.91. The van der Waals surface area contributed by atoms with E-state index in [1.165, 1.54) is 24.3 Å². The molecule has 7 heteroatoms. The fourth-order valence-corrected chi connectivity index (χ4v) is 2.94. The zero-order chi connectivity index (χ0) is 13.8. The normalized spacial score (nSPS) is 13.2. The van der Waals surface area contributed by atoms with Crippen molar-refractivity contribution >= 4 is 15.5 Å². The molecule has 1 atom stereocenters. The van der Waals surface area contributed by atoms with Crippen LogP contribution in [-0.2, 0) is 15.6 Å². The van der Waals surface area contributed by atoms with Crippen molar-refractivity contribution in [1.29, 1.82) is 0 Å². The second-order valence-corrected chi connectivity index (χ2v) is 6.54. The second kappa shape index (κ2) is 5.92. The largest absolute Gasteiger partial charge is 0.330 e. The maximum atomic E-state index is 11.9. The van der Waals surface area contributed by atoms with Gasteiger partial charge in [-0.05, 0) is 25.5 Å². The average Bonchev–Trinajstić information content (AvgIpc) is 2.29. The van der Waals surface area contributed by atoms with Crippen LogP contribution in [0.3, 0.4) is 0 Å². The van der Waals surface area contributed by atoms with E-state index in [-0.39, 0.29) is 11.4 Å². The van der Waals surface area contributed by atoms with Crippen LogP contribution in [0, 0.1) is 10.1 Å². The maximum Gasteiger partial charge on any atom is 0.269 e. The minimum absolute atomic E-state index is 0.0499. The summed E-state index contributed by atoms with van der Waals surface area (Å²) in [6, 6.07) is 5.53. The molecule has 1 unspecified atom stereocenters. The Hall–Kier alpha value is -1.47. The molecule has 100 valence electrons. The lowest BCUT2D eigenvalue weighted by molar-refractivity contribution is -0.384. The van der Waals surface area contributed by atoms with E-state index < -0.39 is 20.0 Å². The number of non-ortho nitro benzene ring substituents is 1. The molecule has 0 aliphatic heterocycles. The van der Waals surface area contributed by atoms with E-state index in [4.69, 9.17) is 5.73 Å². The molecule has 0 aliphatic carbocycles. The van der Waals surface area contributed by atoms with Gasteiger partial charge in [0.25, 0.3) is 5.69 Å². The summed E-state index contributed by atoms with van der Waals surface area (Å²) in [5.74, 6) is -0.119. The van der Waals surface area contributed by atoms with Crippen LogP contribution in [0.5, 0.6) is 0 Å². The molecule has 0 fully saturated rings. The molecule has 2 N–H and O–H groups in total. The van der Waals surface area contributed by atoms with Crippen LogP contribution in [0.25, 0.3) is 0 Å². The standard InChI is InChI=1S/C11H16N2O4S/c1-9(6-7-12)18(16,17)8-10-2-4-11(5-3-10)13(14)15/h2-5,9H,6-8,12H2,1H3. The number of hydrogen-bond acceptors (Lipinski definition) is 5. The second-order valence-electron chi connectivity index (χ2n) is 4.12. The lowest BCUT2D eigenvalue weighted by Crippen LogP contribution is -2.22. The first-order valence-corrected chi connectivity index (χ1v) is 7.23. The number of nitrogens with two attached hydrogens (primary N) is 1. The molecule has 1 rings (SSSR count). The Bertz CT molecular complexity index is 510. The highest BCUT2D eigenvalue weighted by Crippen LogP contribution is 2.17. The topological polar surface area (TPSA) is 103 Å². The minimum Gasteiger partial charge on any atom is -0.330 e. The van der Waals surface area contributed by atoms with Crippen molar-refractivity contribution in [2.45, 2.75) is 24.3 Å². The van der Waals surface area contributed by atoms with Gasteiger partial charge in [-0.3, -0.25) is 10.1 Å². The predicted octanol–water partition coefficient (Wildman–Crippen LogP) is 1.25. The molecule has 1 aromatic rings. The van der Waals surface area contributed by atoms with Crippen molar-refractivity contribution in [1.82, 2.24) is 0 Å². The van der Waals surface area contributed by atoms with Gasteiger partial charge in [0.15, 0.2) is 9.84 Å². The monoisotopic (exact) mass is 272 g/mol. The first-order chi connectivity index (χ1) is 8.36. The zero-order valence-corrected chi connectivity index (χ0v) is 10.9. The smallest absolute Gasteiger partial charge is 0.269 e. The molecule has 6 nitrogen and oxygen atoms in total. The molecule has 0 saturated heterocycles. The fourth-order valence-electron chi connectivity index (χ4n) is 1.50. The molecule has 0 amide bonds. The molecule has 18 heavy (non-hydrogen) atoms. The summed E-state index contributed by atoms with van der Waals surface area (Å²) < 4.78 is 23.8. The molecule has 0 radical (unpaired) electrons. The summed E-state index contributed by atoms with van der Waals surface area (Å²) in [6.07, 6.45) is 0.412. The van der Waals surface area contributed by atoms with Crippen molar-refractivity contribution < 1.29 is 13.3 Å². The fraction of sp³-hybridized carbons (Fsp3) is 0.455. The predicted molar refractivity (Wildman–Crippen MR) is 68.9 cm³/mol. The summed E-state index contributed by atoms with van der Waals surface area (Å²) >= 11 is 0. The van der Waals surface area contributed by atoms with Gasteiger partial charge in [-0.2, -0.15) is 0 Å². The van der Waals surface area contributed by atoms with Gasteiger partial charge in [0, 0.05) is 12.1 Å². The van der Waals surface area contributed by atoms with Crippen LogP contribution in [0.1, 0.15) is 18.9 Å². The van der Waals surface area contributed by atoms with Crippen LogP contribution in [-0.4, -0.2) is 25.1 Å². The van der Waals surface area contributed by atoms with E-state index in [2.05, 4.69) is 0 Å². The number of benzene rings is 1. The van der Waals surface area contributed by atoms with E-state index in [1.807, 2.05) is 0 Å². The van der Waals surface area contributed by atoms with E-state index in [0.717, 1.165) is 0 Å². The van der Waals surface area contributed by atoms with E-state index in [1.54, 1.807) is 6.92 Å². The third-order valence-electron chi connectivity index (χ3n) is 2.70. The Morgan fingerprint density at radius 3 is 2.33 bits per heavy atom. The molecular weight excluding hydrogens is 256 g/mol. The highest BCUT2D eigenvalue weighted by atomic mass is 32.2. The number of nitro benzene ring substituents is 1. The molecular formula is C11H16N2O4S. The Labute approximate surface area is 106 Å². The summed E-state index contributed by atoms with van der Waals surface area (Å²) in [7, 11) is -3.26. The van der Waals surface area contributed by atoms with Gasteiger partial charge in [-0.1, -0.05) is 12.1 Å². The molecule has 0 aliphatic rings. The van der Waals surface area contributed by atoms with Gasteiger partial charge in [-0.15, -0.1) is 0 Å².